The number of benzene rings is 2. The van der Waals surface area contributed by atoms with Crippen molar-refractivity contribution < 1.29 is 19.0 Å². The van der Waals surface area contributed by atoms with Crippen LogP contribution in [-0.4, -0.2) is 36.4 Å². The maximum Gasteiger partial charge on any atom is 0.129 e. The number of methoxy groups -OCH3 is 1. The summed E-state index contributed by atoms with van der Waals surface area (Å²) in [7, 11) is 1.68. The Hall–Kier alpha value is -2.60. The minimum atomic E-state index is -0.603. The van der Waals surface area contributed by atoms with E-state index in [0.717, 1.165) is 23.6 Å². The van der Waals surface area contributed by atoms with Crippen LogP contribution in [0.25, 0.3) is 0 Å². The van der Waals surface area contributed by atoms with E-state index < -0.39 is 6.10 Å². The van der Waals surface area contributed by atoms with Gasteiger partial charge in [0.2, 0.25) is 0 Å². The van der Waals surface area contributed by atoms with Crippen LogP contribution in [0, 0.1) is 0 Å². The Morgan fingerprint density at radius 3 is 2.50 bits per heavy atom. The van der Waals surface area contributed by atoms with E-state index in [9.17, 15) is 5.11 Å². The third-order valence-corrected chi connectivity index (χ3v) is 4.44. The molecule has 28 heavy (non-hydrogen) atoms. The smallest absolute Gasteiger partial charge is 0.129 e. The molecule has 0 aliphatic rings. The SMILES string of the molecule is COc1ccccc1CN(Cc1ccccc1)C[C@@H](O)COCc1ccco1. The third-order valence-electron chi connectivity index (χ3n) is 4.44. The van der Waals surface area contributed by atoms with Crippen molar-refractivity contribution in [1.29, 1.82) is 0 Å². The van der Waals surface area contributed by atoms with E-state index >= 15 is 0 Å². The number of ether oxygens (including phenoxy) is 2. The van der Waals surface area contributed by atoms with Gasteiger partial charge in [0.05, 0.1) is 26.1 Å². The summed E-state index contributed by atoms with van der Waals surface area (Å²) >= 11 is 0. The van der Waals surface area contributed by atoms with E-state index in [1.54, 1.807) is 13.4 Å². The highest BCUT2D eigenvalue weighted by Crippen LogP contribution is 2.20. The molecule has 0 spiro atoms. The summed E-state index contributed by atoms with van der Waals surface area (Å²) in [5.74, 6) is 1.60. The van der Waals surface area contributed by atoms with Gasteiger partial charge in [0, 0.05) is 25.2 Å². The summed E-state index contributed by atoms with van der Waals surface area (Å²) in [4.78, 5) is 2.20. The highest BCUT2D eigenvalue weighted by molar-refractivity contribution is 5.33. The van der Waals surface area contributed by atoms with Gasteiger partial charge in [-0.15, -0.1) is 0 Å². The van der Waals surface area contributed by atoms with Gasteiger partial charge in [-0.05, 0) is 23.8 Å². The lowest BCUT2D eigenvalue weighted by atomic mass is 10.1. The second kappa shape index (κ2) is 10.7. The Morgan fingerprint density at radius 1 is 0.964 bits per heavy atom. The Labute approximate surface area is 166 Å². The summed E-state index contributed by atoms with van der Waals surface area (Å²) in [6.07, 6.45) is 1.01. The minimum Gasteiger partial charge on any atom is -0.496 e. The summed E-state index contributed by atoms with van der Waals surface area (Å²) in [6.45, 7) is 2.50. The fourth-order valence-electron chi connectivity index (χ4n) is 3.14. The molecule has 1 heterocycles. The Bertz CT molecular complexity index is 804. The van der Waals surface area contributed by atoms with Crippen molar-refractivity contribution in [2.24, 2.45) is 0 Å². The van der Waals surface area contributed by atoms with E-state index in [4.69, 9.17) is 13.9 Å². The van der Waals surface area contributed by atoms with Gasteiger partial charge >= 0.3 is 0 Å². The normalized spacial score (nSPS) is 12.2. The molecular weight excluding hydrogens is 354 g/mol. The van der Waals surface area contributed by atoms with Crippen LogP contribution in [0.5, 0.6) is 5.75 Å². The molecule has 0 unspecified atom stereocenters. The molecule has 3 rings (SSSR count). The molecule has 0 fully saturated rings. The molecule has 2 aromatic carbocycles. The van der Waals surface area contributed by atoms with Crippen molar-refractivity contribution in [3.05, 3.63) is 89.9 Å². The maximum atomic E-state index is 10.5. The Kier molecular flexibility index (Phi) is 7.67. The van der Waals surface area contributed by atoms with E-state index in [1.807, 2.05) is 48.5 Å². The fourth-order valence-corrected chi connectivity index (χ4v) is 3.14. The molecule has 0 radical (unpaired) electrons. The lowest BCUT2D eigenvalue weighted by molar-refractivity contribution is 0.00244. The predicted octanol–water partition coefficient (Wildman–Crippen LogP) is 3.87. The average molecular weight is 381 g/mol. The van der Waals surface area contributed by atoms with E-state index in [1.165, 1.54) is 5.56 Å². The van der Waals surface area contributed by atoms with Gasteiger partial charge in [-0.25, -0.2) is 0 Å². The molecule has 1 N–H and O–H groups in total. The summed E-state index contributed by atoms with van der Waals surface area (Å²) < 4.78 is 16.3. The van der Waals surface area contributed by atoms with Crippen molar-refractivity contribution in [2.45, 2.75) is 25.8 Å². The van der Waals surface area contributed by atoms with Crippen LogP contribution in [0.4, 0.5) is 0 Å². The number of hydrogen-bond donors (Lipinski definition) is 1. The molecule has 0 saturated heterocycles. The third kappa shape index (κ3) is 6.23. The molecule has 0 saturated carbocycles. The number of hydrogen-bond acceptors (Lipinski definition) is 5. The Morgan fingerprint density at radius 2 is 1.75 bits per heavy atom. The standard InChI is InChI=1S/C23H27NO4/c1-26-23-12-6-5-10-20(23)15-24(14-19-8-3-2-4-9-19)16-21(25)17-27-18-22-11-7-13-28-22/h2-13,21,25H,14-18H2,1H3/t21-/m1/s1. The van der Waals surface area contributed by atoms with E-state index in [-0.39, 0.29) is 6.61 Å². The number of rotatable bonds is 11. The van der Waals surface area contributed by atoms with Crippen LogP contribution >= 0.6 is 0 Å². The van der Waals surface area contributed by atoms with Gasteiger partial charge in [-0.3, -0.25) is 4.90 Å². The first-order valence-corrected chi connectivity index (χ1v) is 9.41. The summed E-state index contributed by atoms with van der Waals surface area (Å²) in [5.41, 5.74) is 2.28. The van der Waals surface area contributed by atoms with Crippen molar-refractivity contribution >= 4 is 0 Å². The predicted molar refractivity (Wildman–Crippen MR) is 108 cm³/mol. The van der Waals surface area contributed by atoms with Gasteiger partial charge in [0.1, 0.15) is 18.1 Å². The van der Waals surface area contributed by atoms with Crippen LogP contribution < -0.4 is 4.74 Å². The molecule has 0 bridgehead atoms. The topological polar surface area (TPSA) is 55.1 Å². The van der Waals surface area contributed by atoms with Gasteiger partial charge < -0.3 is 19.0 Å². The molecule has 0 amide bonds. The lowest BCUT2D eigenvalue weighted by Gasteiger charge is -2.26. The maximum absolute atomic E-state index is 10.5. The molecule has 5 heteroatoms. The number of aliphatic hydroxyl groups excluding tert-OH is 1. The van der Waals surface area contributed by atoms with Gasteiger partial charge in [-0.1, -0.05) is 48.5 Å². The van der Waals surface area contributed by atoms with Gasteiger partial charge in [-0.2, -0.15) is 0 Å². The van der Waals surface area contributed by atoms with Gasteiger partial charge in [0.15, 0.2) is 0 Å². The van der Waals surface area contributed by atoms with Crippen LogP contribution in [0.15, 0.2) is 77.4 Å². The molecule has 1 atom stereocenters. The van der Waals surface area contributed by atoms with E-state index in [2.05, 4.69) is 23.1 Å². The van der Waals surface area contributed by atoms with Gasteiger partial charge in [0.25, 0.3) is 0 Å². The number of nitrogens with zero attached hydrogens (tertiary/aromatic N) is 1. The van der Waals surface area contributed by atoms with Crippen LogP contribution in [0.1, 0.15) is 16.9 Å². The first-order chi connectivity index (χ1) is 13.7. The summed E-state index contributed by atoms with van der Waals surface area (Å²) in [5, 5.41) is 10.5. The van der Waals surface area contributed by atoms with Crippen molar-refractivity contribution in [1.82, 2.24) is 4.90 Å². The molecule has 0 aliphatic heterocycles. The number of aliphatic hydroxyl groups is 1. The summed E-state index contributed by atoms with van der Waals surface area (Å²) in [6, 6.07) is 21.9. The molecule has 3 aromatic rings. The largest absolute Gasteiger partial charge is 0.496 e. The molecule has 148 valence electrons. The first kappa shape index (κ1) is 20.1. The van der Waals surface area contributed by atoms with Crippen LogP contribution in [-0.2, 0) is 24.4 Å². The zero-order valence-electron chi connectivity index (χ0n) is 16.2. The van der Waals surface area contributed by atoms with Crippen molar-refractivity contribution in [3.63, 3.8) is 0 Å². The molecule has 5 nitrogen and oxygen atoms in total. The van der Waals surface area contributed by atoms with Crippen LogP contribution in [0.3, 0.4) is 0 Å². The lowest BCUT2D eigenvalue weighted by Crippen LogP contribution is -2.34. The zero-order chi connectivity index (χ0) is 19.6. The van der Waals surface area contributed by atoms with E-state index in [0.29, 0.717) is 19.7 Å². The minimum absolute atomic E-state index is 0.248. The van der Waals surface area contributed by atoms with Crippen LogP contribution in [0.2, 0.25) is 0 Å². The number of furan rings is 1. The fraction of sp³-hybridized carbons (Fsp3) is 0.304. The molecule has 0 aliphatic carbocycles. The first-order valence-electron chi connectivity index (χ1n) is 9.41. The second-order valence-corrected chi connectivity index (χ2v) is 6.72. The average Bonchev–Trinajstić information content (AvgIpc) is 3.22. The second-order valence-electron chi connectivity index (χ2n) is 6.72. The number of para-hydroxylation sites is 1. The zero-order valence-corrected chi connectivity index (χ0v) is 16.2. The highest BCUT2D eigenvalue weighted by Gasteiger charge is 2.15. The van der Waals surface area contributed by atoms with Crippen molar-refractivity contribution in [2.75, 3.05) is 20.3 Å². The van der Waals surface area contributed by atoms with Crippen molar-refractivity contribution in [3.8, 4) is 5.75 Å². The quantitative estimate of drug-likeness (QED) is 0.546. The molecule has 1 aromatic heterocycles. The molecular formula is C23H27NO4. The highest BCUT2D eigenvalue weighted by atomic mass is 16.5. The monoisotopic (exact) mass is 381 g/mol. The Balaban J connectivity index is 1.61.